The van der Waals surface area contributed by atoms with Crippen molar-refractivity contribution in [2.24, 2.45) is 11.7 Å². The molecule has 0 spiro atoms. The van der Waals surface area contributed by atoms with Crippen LogP contribution in [0.4, 0.5) is 0 Å². The molecule has 0 saturated carbocycles. The standard InChI is InChI=1S/C14H21NO3S/c1-9(2)14(17,13(15)16)11(4)19(18)12-7-5-10(3)6-8-12/h5-9,11,17H,1-4H3,(H2,15,16)/t11-,14+,19?/m0/s1. The maximum atomic E-state index is 12.5. The Kier molecular flexibility index (Phi) is 4.87. The first-order valence-corrected chi connectivity index (χ1v) is 7.42. The van der Waals surface area contributed by atoms with E-state index < -0.39 is 33.5 Å². The van der Waals surface area contributed by atoms with E-state index in [-0.39, 0.29) is 0 Å². The molecule has 0 aliphatic rings. The van der Waals surface area contributed by atoms with Crippen LogP contribution >= 0.6 is 0 Å². The van der Waals surface area contributed by atoms with Gasteiger partial charge in [0.15, 0.2) is 5.60 Å². The molecule has 5 heteroatoms. The van der Waals surface area contributed by atoms with Gasteiger partial charge in [0.2, 0.25) is 0 Å². The van der Waals surface area contributed by atoms with Crippen molar-refractivity contribution in [2.45, 2.75) is 43.4 Å². The normalized spacial score (nSPS) is 17.8. The number of nitrogens with two attached hydrogens (primary N) is 1. The van der Waals surface area contributed by atoms with Gasteiger partial charge in [0.25, 0.3) is 5.91 Å². The maximum Gasteiger partial charge on any atom is 0.250 e. The Hall–Kier alpha value is -1.20. The summed E-state index contributed by atoms with van der Waals surface area (Å²) in [6.45, 7) is 6.89. The van der Waals surface area contributed by atoms with E-state index in [9.17, 15) is 14.1 Å². The van der Waals surface area contributed by atoms with Crippen LogP contribution < -0.4 is 5.73 Å². The van der Waals surface area contributed by atoms with Gasteiger partial charge in [-0.05, 0) is 31.9 Å². The highest BCUT2D eigenvalue weighted by Crippen LogP contribution is 2.27. The molecule has 3 N–H and O–H groups in total. The summed E-state index contributed by atoms with van der Waals surface area (Å²) in [5, 5.41) is 9.68. The van der Waals surface area contributed by atoms with Gasteiger partial charge in [0, 0.05) is 4.90 Å². The van der Waals surface area contributed by atoms with E-state index in [0.29, 0.717) is 4.90 Å². The van der Waals surface area contributed by atoms with Crippen LogP contribution in [0.2, 0.25) is 0 Å². The van der Waals surface area contributed by atoms with Crippen molar-refractivity contribution in [3.05, 3.63) is 29.8 Å². The van der Waals surface area contributed by atoms with E-state index in [1.165, 1.54) is 0 Å². The van der Waals surface area contributed by atoms with Crippen LogP contribution in [0.15, 0.2) is 29.2 Å². The fourth-order valence-corrected chi connectivity index (χ4v) is 3.52. The Morgan fingerprint density at radius 3 is 2.11 bits per heavy atom. The highest BCUT2D eigenvalue weighted by atomic mass is 32.2. The highest BCUT2D eigenvalue weighted by molar-refractivity contribution is 7.85. The van der Waals surface area contributed by atoms with Gasteiger partial charge in [0.05, 0.1) is 16.0 Å². The van der Waals surface area contributed by atoms with Gasteiger partial charge in [-0.15, -0.1) is 0 Å². The lowest BCUT2D eigenvalue weighted by molar-refractivity contribution is -0.140. The predicted octanol–water partition coefficient (Wildman–Crippen LogP) is 1.36. The van der Waals surface area contributed by atoms with Gasteiger partial charge in [0.1, 0.15) is 0 Å². The Balaban J connectivity index is 3.11. The molecule has 1 rings (SSSR count). The van der Waals surface area contributed by atoms with Crippen molar-refractivity contribution in [2.75, 3.05) is 0 Å². The largest absolute Gasteiger partial charge is 0.378 e. The SMILES string of the molecule is Cc1ccc(S(=O)[C@@H](C)[C@@](O)(C(N)=O)C(C)C)cc1. The summed E-state index contributed by atoms with van der Waals surface area (Å²) in [6, 6.07) is 7.17. The summed E-state index contributed by atoms with van der Waals surface area (Å²) in [4.78, 5) is 12.1. The van der Waals surface area contributed by atoms with Crippen molar-refractivity contribution >= 4 is 16.7 Å². The zero-order chi connectivity index (χ0) is 14.8. The monoisotopic (exact) mass is 283 g/mol. The van der Waals surface area contributed by atoms with Crippen LogP contribution in [0.25, 0.3) is 0 Å². The third kappa shape index (κ3) is 3.04. The molecular weight excluding hydrogens is 262 g/mol. The molecule has 1 unspecified atom stereocenters. The number of aliphatic hydroxyl groups is 1. The molecule has 1 amide bonds. The first-order chi connectivity index (χ1) is 8.71. The van der Waals surface area contributed by atoms with Crippen molar-refractivity contribution < 1.29 is 14.1 Å². The van der Waals surface area contributed by atoms with Crippen LogP contribution in [0.3, 0.4) is 0 Å². The number of amides is 1. The summed E-state index contributed by atoms with van der Waals surface area (Å²) >= 11 is 0. The fraction of sp³-hybridized carbons (Fsp3) is 0.500. The van der Waals surface area contributed by atoms with E-state index in [4.69, 9.17) is 5.73 Å². The molecule has 106 valence electrons. The van der Waals surface area contributed by atoms with Crippen molar-refractivity contribution in [1.29, 1.82) is 0 Å². The molecule has 0 bridgehead atoms. The summed E-state index contributed by atoms with van der Waals surface area (Å²) in [5.74, 6) is -1.25. The van der Waals surface area contributed by atoms with Crippen LogP contribution in [-0.4, -0.2) is 26.1 Å². The second kappa shape index (κ2) is 5.84. The Labute approximate surface area is 116 Å². The number of carbonyl (C=O) groups excluding carboxylic acids is 1. The number of hydrogen-bond donors (Lipinski definition) is 2. The van der Waals surface area contributed by atoms with Crippen LogP contribution in [-0.2, 0) is 15.6 Å². The number of rotatable bonds is 5. The molecule has 0 heterocycles. The van der Waals surface area contributed by atoms with Gasteiger partial charge in [-0.1, -0.05) is 31.5 Å². The molecule has 1 aromatic rings. The minimum atomic E-state index is -1.78. The molecule has 19 heavy (non-hydrogen) atoms. The van der Waals surface area contributed by atoms with E-state index in [2.05, 4.69) is 0 Å². The summed E-state index contributed by atoms with van der Waals surface area (Å²) in [5.41, 5.74) is 4.57. The predicted molar refractivity (Wildman–Crippen MR) is 76.0 cm³/mol. The maximum absolute atomic E-state index is 12.5. The van der Waals surface area contributed by atoms with E-state index in [0.717, 1.165) is 5.56 Å². The second-order valence-corrected chi connectivity index (χ2v) is 6.87. The molecule has 0 aromatic heterocycles. The van der Waals surface area contributed by atoms with Crippen LogP contribution in [0, 0.1) is 12.8 Å². The quantitative estimate of drug-likeness (QED) is 0.856. The molecule has 0 aliphatic carbocycles. The van der Waals surface area contributed by atoms with Crippen LogP contribution in [0.1, 0.15) is 26.3 Å². The van der Waals surface area contributed by atoms with Crippen molar-refractivity contribution in [3.8, 4) is 0 Å². The highest BCUT2D eigenvalue weighted by Gasteiger charge is 2.46. The Morgan fingerprint density at radius 2 is 1.74 bits per heavy atom. The van der Waals surface area contributed by atoms with E-state index >= 15 is 0 Å². The minimum Gasteiger partial charge on any atom is -0.378 e. The molecule has 0 saturated heterocycles. The molecule has 3 atom stereocenters. The van der Waals surface area contributed by atoms with Crippen LogP contribution in [0.5, 0.6) is 0 Å². The number of carbonyl (C=O) groups is 1. The Morgan fingerprint density at radius 1 is 1.26 bits per heavy atom. The zero-order valence-corrected chi connectivity index (χ0v) is 12.5. The summed E-state index contributed by atoms with van der Waals surface area (Å²) in [6.07, 6.45) is 0. The lowest BCUT2D eigenvalue weighted by atomic mass is 9.87. The van der Waals surface area contributed by atoms with Gasteiger partial charge in [-0.25, -0.2) is 0 Å². The Bertz CT molecular complexity index is 484. The van der Waals surface area contributed by atoms with E-state index in [1.807, 2.05) is 19.1 Å². The van der Waals surface area contributed by atoms with Gasteiger partial charge >= 0.3 is 0 Å². The number of primary amides is 1. The zero-order valence-electron chi connectivity index (χ0n) is 11.7. The average Bonchev–Trinajstić information content (AvgIpc) is 2.36. The molecule has 0 radical (unpaired) electrons. The van der Waals surface area contributed by atoms with Gasteiger partial charge in [-0.3, -0.25) is 9.00 Å². The topological polar surface area (TPSA) is 80.4 Å². The number of hydrogen-bond acceptors (Lipinski definition) is 3. The third-order valence-electron chi connectivity index (χ3n) is 3.47. The first kappa shape index (κ1) is 15.9. The molecule has 0 aliphatic heterocycles. The number of aryl methyl sites for hydroxylation is 1. The lowest BCUT2D eigenvalue weighted by Gasteiger charge is -2.34. The summed E-state index contributed by atoms with van der Waals surface area (Å²) < 4.78 is 12.5. The smallest absolute Gasteiger partial charge is 0.250 e. The molecule has 1 aromatic carbocycles. The van der Waals surface area contributed by atoms with Gasteiger partial charge in [-0.2, -0.15) is 0 Å². The first-order valence-electron chi connectivity index (χ1n) is 6.20. The second-order valence-electron chi connectivity index (χ2n) is 5.10. The van der Waals surface area contributed by atoms with Crippen molar-refractivity contribution in [1.82, 2.24) is 0 Å². The molecule has 0 fully saturated rings. The van der Waals surface area contributed by atoms with Gasteiger partial charge < -0.3 is 10.8 Å². The fourth-order valence-electron chi connectivity index (χ4n) is 1.99. The molecule has 4 nitrogen and oxygen atoms in total. The van der Waals surface area contributed by atoms with Crippen molar-refractivity contribution in [3.63, 3.8) is 0 Å². The lowest BCUT2D eigenvalue weighted by Crippen LogP contribution is -2.57. The number of benzene rings is 1. The minimum absolute atomic E-state index is 0.408. The molecular formula is C14H21NO3S. The summed E-state index contributed by atoms with van der Waals surface area (Å²) in [7, 11) is -1.50. The van der Waals surface area contributed by atoms with E-state index in [1.54, 1.807) is 32.9 Å². The third-order valence-corrected chi connectivity index (χ3v) is 5.21. The average molecular weight is 283 g/mol.